The third-order valence-corrected chi connectivity index (χ3v) is 5.83. The van der Waals surface area contributed by atoms with Gasteiger partial charge in [-0.1, -0.05) is 49.4 Å². The fourth-order valence-electron chi connectivity index (χ4n) is 4.26. The molecule has 2 atom stereocenters. The Morgan fingerprint density at radius 1 is 1.12 bits per heavy atom. The van der Waals surface area contributed by atoms with Gasteiger partial charge in [0.1, 0.15) is 0 Å². The molecule has 1 heterocycles. The molecule has 1 saturated heterocycles. The van der Waals surface area contributed by atoms with Crippen molar-refractivity contribution in [3.05, 3.63) is 72.3 Å². The van der Waals surface area contributed by atoms with E-state index in [0.717, 1.165) is 31.0 Å². The first-order chi connectivity index (χ1) is 16.4. The summed E-state index contributed by atoms with van der Waals surface area (Å²) < 4.78 is 11.9. The molecule has 0 spiro atoms. The highest BCUT2D eigenvalue weighted by Crippen LogP contribution is 2.35. The van der Waals surface area contributed by atoms with Crippen molar-refractivity contribution in [3.63, 3.8) is 0 Å². The number of likely N-dealkylation sites (tertiary alicyclic amines) is 1. The first-order valence-electron chi connectivity index (χ1n) is 11.5. The molecule has 0 amide bonds. The van der Waals surface area contributed by atoms with Gasteiger partial charge in [0.05, 0.1) is 13.7 Å². The van der Waals surface area contributed by atoms with Gasteiger partial charge in [-0.2, -0.15) is 0 Å². The number of benzene rings is 2. The number of methoxy groups -OCH3 is 1. The summed E-state index contributed by atoms with van der Waals surface area (Å²) in [6.45, 7) is 10.2. The first kappa shape index (κ1) is 26.9. The molecule has 7 nitrogen and oxygen atoms in total. The van der Waals surface area contributed by atoms with Crippen LogP contribution in [0, 0.1) is 5.92 Å². The van der Waals surface area contributed by atoms with Crippen LogP contribution < -0.4 is 9.47 Å². The lowest BCUT2D eigenvalue weighted by Crippen LogP contribution is -2.42. The summed E-state index contributed by atoms with van der Waals surface area (Å²) >= 11 is 0. The largest absolute Gasteiger partial charge is 0.493 e. The van der Waals surface area contributed by atoms with E-state index >= 15 is 0 Å². The number of nitrogens with zero attached hydrogens (tertiary/aromatic N) is 1. The van der Waals surface area contributed by atoms with Gasteiger partial charge in [0.25, 0.3) is 0 Å². The molecule has 2 N–H and O–H groups in total. The number of ether oxygens (including phenoxy) is 2. The zero-order valence-corrected chi connectivity index (χ0v) is 20.0. The minimum absolute atomic E-state index is 0.472. The molecule has 1 aliphatic heterocycles. The first-order valence-corrected chi connectivity index (χ1v) is 11.5. The van der Waals surface area contributed by atoms with E-state index in [9.17, 15) is 0 Å². The van der Waals surface area contributed by atoms with E-state index in [2.05, 4.69) is 60.9 Å². The molecular weight excluding hydrogens is 434 g/mol. The molecule has 34 heavy (non-hydrogen) atoms. The molecule has 1 fully saturated rings. The summed E-state index contributed by atoms with van der Waals surface area (Å²) in [7, 11) is 1.70. The van der Waals surface area contributed by atoms with Crippen molar-refractivity contribution in [3.8, 4) is 11.5 Å². The molecule has 0 aliphatic carbocycles. The van der Waals surface area contributed by atoms with Gasteiger partial charge in [-0.05, 0) is 61.5 Å². The van der Waals surface area contributed by atoms with E-state index < -0.39 is 11.9 Å². The van der Waals surface area contributed by atoms with Crippen molar-refractivity contribution < 1.29 is 29.3 Å². The molecule has 0 unspecified atom stereocenters. The van der Waals surface area contributed by atoms with Crippen LogP contribution in [-0.2, 0) is 16.0 Å². The van der Waals surface area contributed by atoms with E-state index in [1.165, 1.54) is 30.5 Å². The molecule has 0 saturated carbocycles. The van der Waals surface area contributed by atoms with Crippen molar-refractivity contribution in [1.29, 1.82) is 0 Å². The Hall–Kier alpha value is -3.32. The van der Waals surface area contributed by atoms with Gasteiger partial charge in [-0.3, -0.25) is 0 Å². The Bertz CT molecular complexity index is 918. The van der Waals surface area contributed by atoms with Crippen molar-refractivity contribution >= 4 is 11.9 Å². The lowest BCUT2D eigenvalue weighted by atomic mass is 9.81. The molecule has 184 valence electrons. The van der Waals surface area contributed by atoms with Crippen molar-refractivity contribution in [2.24, 2.45) is 5.92 Å². The molecule has 0 radical (unpaired) electrons. The molecule has 0 aromatic heterocycles. The highest BCUT2D eigenvalue weighted by molar-refractivity contribution is 6.27. The maximum absolute atomic E-state index is 9.10. The maximum Gasteiger partial charge on any atom is 0.414 e. The topological polar surface area (TPSA) is 96.3 Å². The Labute approximate surface area is 201 Å². The number of carboxylic acid groups (broad SMARTS) is 2. The van der Waals surface area contributed by atoms with Crippen LogP contribution in [0.2, 0.25) is 0 Å². The zero-order valence-electron chi connectivity index (χ0n) is 20.0. The molecule has 2 aromatic rings. The van der Waals surface area contributed by atoms with Crippen LogP contribution in [0.15, 0.2) is 61.2 Å². The second-order valence-corrected chi connectivity index (χ2v) is 8.27. The van der Waals surface area contributed by atoms with Crippen molar-refractivity contribution in [1.82, 2.24) is 4.90 Å². The smallest absolute Gasteiger partial charge is 0.414 e. The molecule has 0 bridgehead atoms. The van der Waals surface area contributed by atoms with Crippen LogP contribution in [0.25, 0.3) is 0 Å². The van der Waals surface area contributed by atoms with E-state index in [1.54, 1.807) is 7.11 Å². The fraction of sp³-hybridized carbons (Fsp3) is 0.407. The van der Waals surface area contributed by atoms with Crippen LogP contribution >= 0.6 is 0 Å². The predicted molar refractivity (Wildman–Crippen MR) is 132 cm³/mol. The average Bonchev–Trinajstić information content (AvgIpc) is 2.84. The van der Waals surface area contributed by atoms with Crippen LogP contribution in [0.1, 0.15) is 36.8 Å². The summed E-state index contributed by atoms with van der Waals surface area (Å²) in [5.41, 5.74) is 2.62. The van der Waals surface area contributed by atoms with Gasteiger partial charge in [0.15, 0.2) is 11.5 Å². The lowest BCUT2D eigenvalue weighted by Gasteiger charge is -2.38. The molecule has 2 aromatic carbocycles. The predicted octanol–water partition coefficient (Wildman–Crippen LogP) is 4.47. The Morgan fingerprint density at radius 2 is 1.82 bits per heavy atom. The van der Waals surface area contributed by atoms with Crippen LogP contribution in [0.5, 0.6) is 11.5 Å². The van der Waals surface area contributed by atoms with E-state index in [0.29, 0.717) is 18.4 Å². The number of rotatable bonds is 9. The van der Waals surface area contributed by atoms with Crippen molar-refractivity contribution in [2.75, 3.05) is 33.4 Å². The van der Waals surface area contributed by atoms with Gasteiger partial charge in [0, 0.05) is 12.5 Å². The quantitative estimate of drug-likeness (QED) is 0.413. The van der Waals surface area contributed by atoms with E-state index in [1.807, 2.05) is 12.1 Å². The second kappa shape index (κ2) is 14.1. The van der Waals surface area contributed by atoms with Gasteiger partial charge < -0.3 is 24.6 Å². The Kier molecular flexibility index (Phi) is 11.1. The SMILES string of the molecule is C=CCc1ccc(OC[C@H]2CN(CCC)CC[C@@H]2c2ccccc2)c(OC)c1.O=C(O)C(=O)O. The summed E-state index contributed by atoms with van der Waals surface area (Å²) in [5, 5.41) is 14.8. The number of piperidine rings is 1. The normalized spacial score (nSPS) is 17.7. The number of allylic oxidation sites excluding steroid dienone is 1. The Balaban J connectivity index is 0.000000604. The van der Waals surface area contributed by atoms with E-state index in [4.69, 9.17) is 29.3 Å². The third kappa shape index (κ3) is 8.23. The summed E-state index contributed by atoms with van der Waals surface area (Å²) in [6.07, 6.45) is 5.13. The standard InChI is InChI=1S/C25H33NO2.C2H2O4/c1-4-9-20-12-13-24(25(17-20)27-3)28-19-22-18-26(15-5-2)16-14-23(22)21-10-7-6-8-11-21;3-1(4)2(5)6/h4,6-8,10-13,17,22-23H,1,5,9,14-16,18-19H2,2-3H3;(H,3,4)(H,5,6)/t22-,23-;/m1./s1. The summed E-state index contributed by atoms with van der Waals surface area (Å²) in [5.74, 6) is -1.00. The Morgan fingerprint density at radius 3 is 2.41 bits per heavy atom. The average molecular weight is 470 g/mol. The number of hydrogen-bond donors (Lipinski definition) is 2. The highest BCUT2D eigenvalue weighted by atomic mass is 16.5. The number of aliphatic carboxylic acids is 2. The molecular formula is C27H35NO6. The maximum atomic E-state index is 9.10. The van der Waals surface area contributed by atoms with E-state index in [-0.39, 0.29) is 0 Å². The highest BCUT2D eigenvalue weighted by Gasteiger charge is 2.30. The minimum Gasteiger partial charge on any atom is -0.493 e. The van der Waals surface area contributed by atoms with Gasteiger partial charge >= 0.3 is 11.9 Å². The molecule has 1 aliphatic rings. The minimum atomic E-state index is -1.82. The van der Waals surface area contributed by atoms with Crippen LogP contribution in [-0.4, -0.2) is 60.4 Å². The number of hydrogen-bond acceptors (Lipinski definition) is 5. The summed E-state index contributed by atoms with van der Waals surface area (Å²) in [6, 6.07) is 17.1. The monoisotopic (exact) mass is 469 g/mol. The van der Waals surface area contributed by atoms with Crippen LogP contribution in [0.3, 0.4) is 0 Å². The molecule has 3 rings (SSSR count). The van der Waals surface area contributed by atoms with Crippen LogP contribution in [0.4, 0.5) is 0 Å². The third-order valence-electron chi connectivity index (χ3n) is 5.83. The zero-order chi connectivity index (χ0) is 24.9. The van der Waals surface area contributed by atoms with Crippen molar-refractivity contribution in [2.45, 2.75) is 32.1 Å². The fourth-order valence-corrected chi connectivity index (χ4v) is 4.26. The number of carboxylic acids is 2. The van der Waals surface area contributed by atoms with Gasteiger partial charge in [0.2, 0.25) is 0 Å². The summed E-state index contributed by atoms with van der Waals surface area (Å²) in [4.78, 5) is 20.8. The van der Waals surface area contributed by atoms with Gasteiger partial charge in [-0.15, -0.1) is 6.58 Å². The second-order valence-electron chi connectivity index (χ2n) is 8.27. The van der Waals surface area contributed by atoms with Gasteiger partial charge in [-0.25, -0.2) is 9.59 Å². The number of carbonyl (C=O) groups is 2. The molecule has 7 heteroatoms. The lowest BCUT2D eigenvalue weighted by molar-refractivity contribution is -0.159.